The molecule has 3 rings (SSSR count). The third-order valence-electron chi connectivity index (χ3n) is 4.04. The van der Waals surface area contributed by atoms with Crippen LogP contribution < -0.4 is 5.32 Å². The SMILES string of the molecule is Cc1nc2c(c3c1CCN(C(=O)OC(C)(C)C)C3)CNC2. The Bertz CT molecular complexity index is 586. The van der Waals surface area contributed by atoms with Gasteiger partial charge in [-0.25, -0.2) is 4.79 Å². The summed E-state index contributed by atoms with van der Waals surface area (Å²) in [4.78, 5) is 18.8. The van der Waals surface area contributed by atoms with Gasteiger partial charge in [0.2, 0.25) is 0 Å². The second-order valence-electron chi connectivity index (χ2n) is 6.84. The Morgan fingerprint density at radius 2 is 2.00 bits per heavy atom. The standard InChI is InChI=1S/C16H23N3O2/c1-10-11-5-6-19(15(20)21-16(2,3)4)9-13(11)12-7-17-8-14(12)18-10/h17H,5-9H2,1-4H3. The average Bonchev–Trinajstić information content (AvgIpc) is 2.84. The van der Waals surface area contributed by atoms with E-state index in [9.17, 15) is 4.79 Å². The number of carbonyl (C=O) groups excluding carboxylic acids is 1. The summed E-state index contributed by atoms with van der Waals surface area (Å²) in [6.07, 6.45) is 0.642. The summed E-state index contributed by atoms with van der Waals surface area (Å²) in [5.41, 5.74) is 5.67. The molecule has 2 aliphatic rings. The maximum Gasteiger partial charge on any atom is 0.410 e. The summed E-state index contributed by atoms with van der Waals surface area (Å²) >= 11 is 0. The van der Waals surface area contributed by atoms with Crippen molar-refractivity contribution >= 4 is 6.09 Å². The van der Waals surface area contributed by atoms with Crippen LogP contribution in [0.25, 0.3) is 0 Å². The van der Waals surface area contributed by atoms with Crippen LogP contribution in [-0.2, 0) is 30.8 Å². The Hall–Kier alpha value is -1.62. The number of ether oxygens (including phenoxy) is 1. The van der Waals surface area contributed by atoms with Crippen LogP contribution in [0.4, 0.5) is 4.79 Å². The van der Waals surface area contributed by atoms with E-state index in [1.165, 1.54) is 16.7 Å². The van der Waals surface area contributed by atoms with E-state index in [0.29, 0.717) is 13.1 Å². The minimum Gasteiger partial charge on any atom is -0.444 e. The van der Waals surface area contributed by atoms with Gasteiger partial charge in [-0.1, -0.05) is 0 Å². The molecule has 1 amide bonds. The van der Waals surface area contributed by atoms with Crippen molar-refractivity contribution in [2.24, 2.45) is 0 Å². The lowest BCUT2D eigenvalue weighted by Gasteiger charge is -2.32. The molecule has 0 aliphatic carbocycles. The number of nitrogens with one attached hydrogen (secondary N) is 1. The van der Waals surface area contributed by atoms with Crippen LogP contribution in [0.1, 0.15) is 48.8 Å². The lowest BCUT2D eigenvalue weighted by Crippen LogP contribution is -2.40. The number of carbonyl (C=O) groups is 1. The molecule has 5 heteroatoms. The Morgan fingerprint density at radius 3 is 2.71 bits per heavy atom. The van der Waals surface area contributed by atoms with Crippen molar-refractivity contribution in [2.75, 3.05) is 6.54 Å². The molecular weight excluding hydrogens is 266 g/mol. The van der Waals surface area contributed by atoms with E-state index >= 15 is 0 Å². The van der Waals surface area contributed by atoms with Crippen LogP contribution >= 0.6 is 0 Å². The van der Waals surface area contributed by atoms with Gasteiger partial charge in [-0.15, -0.1) is 0 Å². The number of aromatic nitrogens is 1. The Labute approximate surface area is 125 Å². The minimum absolute atomic E-state index is 0.220. The molecule has 114 valence electrons. The van der Waals surface area contributed by atoms with E-state index in [4.69, 9.17) is 9.72 Å². The van der Waals surface area contributed by atoms with Crippen LogP contribution in [0.2, 0.25) is 0 Å². The Kier molecular flexibility index (Phi) is 3.40. The van der Waals surface area contributed by atoms with Crippen molar-refractivity contribution in [2.45, 2.75) is 59.4 Å². The first-order chi connectivity index (χ1) is 9.85. The maximum absolute atomic E-state index is 12.3. The van der Waals surface area contributed by atoms with Gasteiger partial charge in [0.05, 0.1) is 5.69 Å². The first-order valence-corrected chi connectivity index (χ1v) is 7.54. The summed E-state index contributed by atoms with van der Waals surface area (Å²) in [5.74, 6) is 0. The van der Waals surface area contributed by atoms with Gasteiger partial charge >= 0.3 is 6.09 Å². The maximum atomic E-state index is 12.3. The first kappa shape index (κ1) is 14.3. The van der Waals surface area contributed by atoms with Gasteiger partial charge in [-0.3, -0.25) is 4.98 Å². The molecule has 5 nitrogen and oxygen atoms in total. The van der Waals surface area contributed by atoms with Gasteiger partial charge in [0.1, 0.15) is 5.60 Å². The highest BCUT2D eigenvalue weighted by Crippen LogP contribution is 2.29. The summed E-state index contributed by atoms with van der Waals surface area (Å²) in [5, 5.41) is 3.35. The number of amides is 1. The fourth-order valence-electron chi connectivity index (χ4n) is 3.09. The molecule has 1 N–H and O–H groups in total. The number of rotatable bonds is 0. The molecule has 0 saturated carbocycles. The molecular formula is C16H23N3O2. The van der Waals surface area contributed by atoms with E-state index in [0.717, 1.165) is 30.9 Å². The minimum atomic E-state index is -0.449. The molecule has 0 spiro atoms. The number of aryl methyl sites for hydroxylation is 1. The molecule has 0 unspecified atom stereocenters. The summed E-state index contributed by atoms with van der Waals surface area (Å²) in [7, 11) is 0. The molecule has 2 aliphatic heterocycles. The highest BCUT2D eigenvalue weighted by molar-refractivity contribution is 5.69. The van der Waals surface area contributed by atoms with Crippen molar-refractivity contribution in [1.29, 1.82) is 0 Å². The molecule has 0 saturated heterocycles. The average molecular weight is 289 g/mol. The van der Waals surface area contributed by atoms with Gasteiger partial charge in [0.25, 0.3) is 0 Å². The predicted molar refractivity (Wildman–Crippen MR) is 79.9 cm³/mol. The number of hydrogen-bond donors (Lipinski definition) is 1. The third-order valence-corrected chi connectivity index (χ3v) is 4.04. The van der Waals surface area contributed by atoms with Crippen LogP contribution in [0.15, 0.2) is 0 Å². The number of nitrogens with zero attached hydrogens (tertiary/aromatic N) is 2. The van der Waals surface area contributed by atoms with E-state index in [2.05, 4.69) is 12.2 Å². The third kappa shape index (κ3) is 2.75. The van der Waals surface area contributed by atoms with Gasteiger partial charge in [0.15, 0.2) is 0 Å². The van der Waals surface area contributed by atoms with Crippen molar-refractivity contribution in [3.63, 3.8) is 0 Å². The molecule has 1 aromatic rings. The van der Waals surface area contributed by atoms with Gasteiger partial charge < -0.3 is 15.0 Å². The monoisotopic (exact) mass is 289 g/mol. The zero-order chi connectivity index (χ0) is 15.2. The zero-order valence-corrected chi connectivity index (χ0v) is 13.2. The topological polar surface area (TPSA) is 54.5 Å². The summed E-state index contributed by atoms with van der Waals surface area (Å²) < 4.78 is 5.50. The van der Waals surface area contributed by atoms with Gasteiger partial charge in [-0.2, -0.15) is 0 Å². The van der Waals surface area contributed by atoms with E-state index in [-0.39, 0.29) is 6.09 Å². The van der Waals surface area contributed by atoms with Crippen LogP contribution in [-0.4, -0.2) is 28.1 Å². The van der Waals surface area contributed by atoms with Crippen molar-refractivity contribution in [1.82, 2.24) is 15.2 Å². The highest BCUT2D eigenvalue weighted by Gasteiger charge is 2.30. The molecule has 0 atom stereocenters. The van der Waals surface area contributed by atoms with Crippen molar-refractivity contribution < 1.29 is 9.53 Å². The van der Waals surface area contributed by atoms with Gasteiger partial charge in [-0.05, 0) is 50.8 Å². The number of fused-ring (bicyclic) bond motifs is 3. The first-order valence-electron chi connectivity index (χ1n) is 7.54. The number of hydrogen-bond acceptors (Lipinski definition) is 4. The largest absolute Gasteiger partial charge is 0.444 e. The molecule has 0 aromatic carbocycles. The lowest BCUT2D eigenvalue weighted by molar-refractivity contribution is 0.0223. The summed E-state index contributed by atoms with van der Waals surface area (Å²) in [6, 6.07) is 0. The highest BCUT2D eigenvalue weighted by atomic mass is 16.6. The molecule has 0 radical (unpaired) electrons. The van der Waals surface area contributed by atoms with Crippen molar-refractivity contribution in [3.05, 3.63) is 28.1 Å². The van der Waals surface area contributed by atoms with Crippen LogP contribution in [0.3, 0.4) is 0 Å². The number of pyridine rings is 1. The second-order valence-corrected chi connectivity index (χ2v) is 6.84. The fourth-order valence-corrected chi connectivity index (χ4v) is 3.09. The van der Waals surface area contributed by atoms with Crippen LogP contribution in [0.5, 0.6) is 0 Å². The van der Waals surface area contributed by atoms with Crippen molar-refractivity contribution in [3.8, 4) is 0 Å². The smallest absolute Gasteiger partial charge is 0.410 e. The van der Waals surface area contributed by atoms with E-state index in [1.807, 2.05) is 25.7 Å². The second kappa shape index (κ2) is 4.98. The van der Waals surface area contributed by atoms with Crippen LogP contribution in [0, 0.1) is 6.92 Å². The Morgan fingerprint density at radius 1 is 1.24 bits per heavy atom. The Balaban J connectivity index is 1.87. The quantitative estimate of drug-likeness (QED) is 0.796. The molecule has 0 bridgehead atoms. The normalized spacial score (nSPS) is 17.4. The molecule has 1 aromatic heterocycles. The van der Waals surface area contributed by atoms with Gasteiger partial charge in [0, 0.05) is 31.9 Å². The van der Waals surface area contributed by atoms with E-state index in [1.54, 1.807) is 0 Å². The summed E-state index contributed by atoms with van der Waals surface area (Å²) in [6.45, 7) is 10.8. The molecule has 0 fully saturated rings. The lowest BCUT2D eigenvalue weighted by atomic mass is 9.94. The predicted octanol–water partition coefficient (Wildman–Crippen LogP) is 2.29. The fraction of sp³-hybridized carbons (Fsp3) is 0.625. The molecule has 21 heavy (non-hydrogen) atoms. The van der Waals surface area contributed by atoms with E-state index < -0.39 is 5.60 Å². The zero-order valence-electron chi connectivity index (χ0n) is 13.2. The molecule has 3 heterocycles.